The largest absolute Gasteiger partial charge is 0.397 e. The molecular weight excluding hydrogens is 322 g/mol. The van der Waals surface area contributed by atoms with E-state index in [1.165, 1.54) is 11.3 Å². The number of nitrogens with one attached hydrogen (secondary N) is 1. The first kappa shape index (κ1) is 16.4. The van der Waals surface area contributed by atoms with Crippen LogP contribution in [0.4, 0.5) is 11.4 Å². The molecule has 6 heteroatoms. The maximum atomic E-state index is 12.6. The van der Waals surface area contributed by atoms with Gasteiger partial charge in [-0.3, -0.25) is 4.79 Å². The highest BCUT2D eigenvalue weighted by Gasteiger charge is 2.20. The third-order valence-corrected chi connectivity index (χ3v) is 4.79. The highest BCUT2D eigenvalue weighted by Crippen LogP contribution is 2.36. The molecule has 1 amide bonds. The molecule has 2 aromatic heterocycles. The third-order valence-electron chi connectivity index (χ3n) is 3.69. The van der Waals surface area contributed by atoms with E-state index in [2.05, 4.69) is 10.3 Å². The van der Waals surface area contributed by atoms with Crippen molar-refractivity contribution >= 4 is 38.8 Å². The number of aromatic nitrogens is 1. The van der Waals surface area contributed by atoms with Crippen LogP contribution in [0.3, 0.4) is 0 Å². The number of thiophene rings is 1. The Morgan fingerprint density at radius 1 is 1.33 bits per heavy atom. The smallest absolute Gasteiger partial charge is 0.267 e. The normalized spacial score (nSPS) is 11.0. The average Bonchev–Trinajstić information content (AvgIpc) is 2.84. The van der Waals surface area contributed by atoms with E-state index in [1.807, 2.05) is 44.2 Å². The summed E-state index contributed by atoms with van der Waals surface area (Å²) in [5, 5.41) is 3.71. The van der Waals surface area contributed by atoms with Crippen LogP contribution >= 0.6 is 11.3 Å². The molecular formula is C18H19N3O2S. The summed E-state index contributed by atoms with van der Waals surface area (Å²) in [4.78, 5) is 18.4. The van der Waals surface area contributed by atoms with Gasteiger partial charge in [0.15, 0.2) is 0 Å². The number of nitrogens with zero attached hydrogens (tertiary/aromatic N) is 1. The molecule has 2 heterocycles. The Morgan fingerprint density at radius 2 is 2.12 bits per heavy atom. The number of carbonyl (C=O) groups is 1. The Balaban J connectivity index is 2.02. The zero-order valence-corrected chi connectivity index (χ0v) is 14.7. The van der Waals surface area contributed by atoms with Crippen LogP contribution < -0.4 is 11.1 Å². The van der Waals surface area contributed by atoms with Crippen molar-refractivity contribution in [1.29, 1.82) is 0 Å². The molecule has 5 nitrogen and oxygen atoms in total. The van der Waals surface area contributed by atoms with Gasteiger partial charge in [-0.15, -0.1) is 11.3 Å². The Kier molecular flexibility index (Phi) is 4.51. The highest BCUT2D eigenvalue weighted by molar-refractivity contribution is 7.21. The Labute approximate surface area is 144 Å². The number of nitrogens with two attached hydrogens (primary N) is 1. The average molecular weight is 341 g/mol. The number of methoxy groups -OCH3 is 1. The predicted molar refractivity (Wildman–Crippen MR) is 98.6 cm³/mol. The van der Waals surface area contributed by atoms with Crippen LogP contribution in [0.2, 0.25) is 0 Å². The molecule has 0 aliphatic carbocycles. The van der Waals surface area contributed by atoms with Crippen LogP contribution in [0.15, 0.2) is 30.3 Å². The van der Waals surface area contributed by atoms with E-state index in [1.54, 1.807) is 7.11 Å². The molecule has 3 aromatic rings. The number of benzene rings is 1. The molecule has 0 saturated heterocycles. The number of anilines is 2. The van der Waals surface area contributed by atoms with Crippen molar-refractivity contribution in [2.75, 3.05) is 18.2 Å². The second-order valence-corrected chi connectivity index (χ2v) is 6.70. The number of hydrogen-bond donors (Lipinski definition) is 2. The van der Waals surface area contributed by atoms with E-state index in [0.29, 0.717) is 17.2 Å². The van der Waals surface area contributed by atoms with E-state index in [9.17, 15) is 4.79 Å². The quantitative estimate of drug-likeness (QED) is 0.754. The van der Waals surface area contributed by atoms with Crippen molar-refractivity contribution in [2.24, 2.45) is 0 Å². The monoisotopic (exact) mass is 341 g/mol. The van der Waals surface area contributed by atoms with Gasteiger partial charge < -0.3 is 15.8 Å². The van der Waals surface area contributed by atoms with Crippen LogP contribution in [0.1, 0.15) is 26.5 Å². The SMILES string of the molecule is COCc1cc(C)nc2sc(C(=O)Nc3cccc(C)c3)c(N)c12. The number of aryl methyl sites for hydroxylation is 2. The van der Waals surface area contributed by atoms with E-state index in [0.717, 1.165) is 32.7 Å². The van der Waals surface area contributed by atoms with Gasteiger partial charge in [-0.05, 0) is 43.2 Å². The number of pyridine rings is 1. The van der Waals surface area contributed by atoms with Gasteiger partial charge in [-0.2, -0.15) is 0 Å². The lowest BCUT2D eigenvalue weighted by Crippen LogP contribution is -2.12. The molecule has 3 N–H and O–H groups in total. The van der Waals surface area contributed by atoms with Crippen molar-refractivity contribution in [3.8, 4) is 0 Å². The third kappa shape index (κ3) is 3.11. The first-order valence-electron chi connectivity index (χ1n) is 7.55. The summed E-state index contributed by atoms with van der Waals surface area (Å²) in [7, 11) is 1.63. The lowest BCUT2D eigenvalue weighted by atomic mass is 10.1. The van der Waals surface area contributed by atoms with Crippen molar-refractivity contribution in [2.45, 2.75) is 20.5 Å². The zero-order valence-electron chi connectivity index (χ0n) is 13.8. The molecule has 124 valence electrons. The summed E-state index contributed by atoms with van der Waals surface area (Å²) in [6.07, 6.45) is 0. The summed E-state index contributed by atoms with van der Waals surface area (Å²) in [5.74, 6) is -0.220. The number of hydrogen-bond acceptors (Lipinski definition) is 5. The van der Waals surface area contributed by atoms with Crippen molar-refractivity contribution in [3.63, 3.8) is 0 Å². The number of carbonyl (C=O) groups excluding carboxylic acids is 1. The van der Waals surface area contributed by atoms with Gasteiger partial charge >= 0.3 is 0 Å². The fourth-order valence-electron chi connectivity index (χ4n) is 2.69. The summed E-state index contributed by atoms with van der Waals surface area (Å²) in [6, 6.07) is 9.60. The van der Waals surface area contributed by atoms with Gasteiger partial charge in [0.25, 0.3) is 5.91 Å². The van der Waals surface area contributed by atoms with Gasteiger partial charge in [0.1, 0.15) is 9.71 Å². The predicted octanol–water partition coefficient (Wildman–Crippen LogP) is 3.89. The summed E-state index contributed by atoms with van der Waals surface area (Å²) < 4.78 is 5.25. The highest BCUT2D eigenvalue weighted by atomic mass is 32.1. The Hall–Kier alpha value is -2.44. The van der Waals surface area contributed by atoms with Crippen LogP contribution in [0.5, 0.6) is 0 Å². The minimum Gasteiger partial charge on any atom is -0.397 e. The number of rotatable bonds is 4. The molecule has 0 saturated carbocycles. The molecule has 3 rings (SSSR count). The molecule has 24 heavy (non-hydrogen) atoms. The van der Waals surface area contributed by atoms with Crippen LogP contribution in [0, 0.1) is 13.8 Å². The lowest BCUT2D eigenvalue weighted by Gasteiger charge is -2.06. The number of amides is 1. The second kappa shape index (κ2) is 6.59. The van der Waals surface area contributed by atoms with Gasteiger partial charge in [-0.25, -0.2) is 4.98 Å². The van der Waals surface area contributed by atoms with E-state index in [-0.39, 0.29) is 5.91 Å². The molecule has 0 atom stereocenters. The van der Waals surface area contributed by atoms with E-state index >= 15 is 0 Å². The maximum absolute atomic E-state index is 12.6. The van der Waals surface area contributed by atoms with Gasteiger partial charge in [-0.1, -0.05) is 12.1 Å². The molecule has 1 aromatic carbocycles. The molecule has 0 spiro atoms. The van der Waals surface area contributed by atoms with Gasteiger partial charge in [0, 0.05) is 23.9 Å². The minimum absolute atomic E-state index is 0.220. The summed E-state index contributed by atoms with van der Waals surface area (Å²) >= 11 is 1.31. The summed E-state index contributed by atoms with van der Waals surface area (Å²) in [6.45, 7) is 4.33. The topological polar surface area (TPSA) is 77.2 Å². The van der Waals surface area contributed by atoms with Gasteiger partial charge in [0.2, 0.25) is 0 Å². The van der Waals surface area contributed by atoms with Crippen LogP contribution in [0.25, 0.3) is 10.2 Å². The fourth-order valence-corrected chi connectivity index (χ4v) is 3.77. The fraction of sp³-hybridized carbons (Fsp3) is 0.222. The second-order valence-electron chi connectivity index (χ2n) is 5.70. The Bertz CT molecular complexity index is 918. The van der Waals surface area contributed by atoms with Crippen LogP contribution in [-0.2, 0) is 11.3 Å². The summed E-state index contributed by atoms with van der Waals surface area (Å²) in [5.41, 5.74) is 10.4. The molecule has 0 bridgehead atoms. The lowest BCUT2D eigenvalue weighted by molar-refractivity contribution is 0.103. The first-order chi connectivity index (χ1) is 11.5. The van der Waals surface area contributed by atoms with Crippen molar-refractivity contribution < 1.29 is 9.53 Å². The molecule has 0 radical (unpaired) electrons. The molecule has 0 aliphatic heterocycles. The van der Waals surface area contributed by atoms with Crippen LogP contribution in [-0.4, -0.2) is 18.0 Å². The molecule has 0 fully saturated rings. The minimum atomic E-state index is -0.220. The van der Waals surface area contributed by atoms with E-state index in [4.69, 9.17) is 10.5 Å². The zero-order chi connectivity index (χ0) is 17.3. The number of fused-ring (bicyclic) bond motifs is 1. The number of nitrogen functional groups attached to an aromatic ring is 1. The molecule has 0 unspecified atom stereocenters. The first-order valence-corrected chi connectivity index (χ1v) is 8.36. The van der Waals surface area contributed by atoms with Crippen molar-refractivity contribution in [3.05, 3.63) is 52.0 Å². The van der Waals surface area contributed by atoms with Crippen molar-refractivity contribution in [1.82, 2.24) is 4.98 Å². The standard InChI is InChI=1S/C18H19N3O2S/c1-10-5-4-6-13(7-10)21-17(22)16-15(19)14-12(9-23-3)8-11(2)20-18(14)24-16/h4-8H,9,19H2,1-3H3,(H,21,22). The van der Waals surface area contributed by atoms with E-state index < -0.39 is 0 Å². The molecule has 0 aliphatic rings. The number of ether oxygens (including phenoxy) is 1. The Morgan fingerprint density at radius 3 is 2.83 bits per heavy atom. The van der Waals surface area contributed by atoms with Gasteiger partial charge in [0.05, 0.1) is 12.3 Å². The maximum Gasteiger partial charge on any atom is 0.267 e.